The molecule has 90 valence electrons. The monoisotopic (exact) mass is 222 g/mol. The summed E-state index contributed by atoms with van der Waals surface area (Å²) in [5.41, 5.74) is 6.56. The van der Waals surface area contributed by atoms with E-state index in [0.29, 0.717) is 17.3 Å². The smallest absolute Gasteiger partial charge is 0.224 e. The molecule has 3 aliphatic carbocycles. The number of fused-ring (bicyclic) bond motifs is 2. The Morgan fingerprint density at radius 3 is 2.62 bits per heavy atom. The van der Waals surface area contributed by atoms with Crippen molar-refractivity contribution >= 4 is 5.91 Å². The van der Waals surface area contributed by atoms with E-state index in [2.05, 4.69) is 12.2 Å². The van der Waals surface area contributed by atoms with Gasteiger partial charge >= 0.3 is 0 Å². The Kier molecular flexibility index (Phi) is 2.29. The second-order valence-electron chi connectivity index (χ2n) is 6.46. The Morgan fingerprint density at radius 1 is 1.38 bits per heavy atom. The predicted molar refractivity (Wildman–Crippen MR) is 62.6 cm³/mol. The SMILES string of the molecule is CC1(CNC(=O)C2C3CCC(C3)C2N)CC1. The highest BCUT2D eigenvalue weighted by atomic mass is 16.1. The minimum absolute atomic E-state index is 0.112. The number of amides is 1. The van der Waals surface area contributed by atoms with Crippen LogP contribution in [0.15, 0.2) is 0 Å². The van der Waals surface area contributed by atoms with Crippen LogP contribution in [0.4, 0.5) is 0 Å². The van der Waals surface area contributed by atoms with Gasteiger partial charge in [-0.05, 0) is 49.4 Å². The molecule has 4 atom stereocenters. The molecule has 2 bridgehead atoms. The summed E-state index contributed by atoms with van der Waals surface area (Å²) in [4.78, 5) is 12.1. The lowest BCUT2D eigenvalue weighted by Crippen LogP contribution is -2.46. The van der Waals surface area contributed by atoms with E-state index in [4.69, 9.17) is 5.73 Å². The van der Waals surface area contributed by atoms with E-state index in [-0.39, 0.29) is 17.9 Å². The molecule has 3 rings (SSSR count). The van der Waals surface area contributed by atoms with Crippen LogP contribution in [0.1, 0.15) is 39.0 Å². The van der Waals surface area contributed by atoms with Gasteiger partial charge in [0, 0.05) is 12.6 Å². The summed E-state index contributed by atoms with van der Waals surface area (Å²) in [6.07, 6.45) is 6.17. The van der Waals surface area contributed by atoms with E-state index < -0.39 is 0 Å². The molecular formula is C13H22N2O. The van der Waals surface area contributed by atoms with E-state index in [0.717, 1.165) is 6.54 Å². The minimum Gasteiger partial charge on any atom is -0.355 e. The molecule has 3 saturated carbocycles. The summed E-state index contributed by atoms with van der Waals surface area (Å²) >= 11 is 0. The van der Waals surface area contributed by atoms with Crippen LogP contribution >= 0.6 is 0 Å². The summed E-state index contributed by atoms with van der Waals surface area (Å²) in [5, 5.41) is 3.12. The van der Waals surface area contributed by atoms with E-state index >= 15 is 0 Å². The first-order valence-electron chi connectivity index (χ1n) is 6.62. The Bertz CT molecular complexity index is 309. The predicted octanol–water partition coefficient (Wildman–Crippen LogP) is 1.28. The van der Waals surface area contributed by atoms with Gasteiger partial charge in [-0.1, -0.05) is 6.92 Å². The number of hydrogen-bond acceptors (Lipinski definition) is 2. The van der Waals surface area contributed by atoms with Gasteiger partial charge < -0.3 is 11.1 Å². The zero-order valence-corrected chi connectivity index (χ0v) is 10.0. The van der Waals surface area contributed by atoms with Crippen molar-refractivity contribution in [2.45, 2.75) is 45.1 Å². The standard InChI is InChI=1S/C13H22N2O/c1-13(4-5-13)7-15-12(16)10-8-2-3-9(6-8)11(10)14/h8-11H,2-7,14H2,1H3,(H,15,16). The second-order valence-corrected chi connectivity index (χ2v) is 6.46. The molecule has 0 aliphatic heterocycles. The average molecular weight is 222 g/mol. The fourth-order valence-electron chi connectivity index (χ4n) is 3.53. The number of hydrogen-bond donors (Lipinski definition) is 2. The first-order chi connectivity index (χ1) is 7.59. The van der Waals surface area contributed by atoms with Crippen LogP contribution in [0.5, 0.6) is 0 Å². The number of nitrogens with two attached hydrogens (primary N) is 1. The van der Waals surface area contributed by atoms with Gasteiger partial charge in [-0.25, -0.2) is 0 Å². The van der Waals surface area contributed by atoms with E-state index in [1.165, 1.54) is 32.1 Å². The fraction of sp³-hybridized carbons (Fsp3) is 0.923. The van der Waals surface area contributed by atoms with Crippen LogP contribution in [0.3, 0.4) is 0 Å². The van der Waals surface area contributed by atoms with Crippen LogP contribution in [0.25, 0.3) is 0 Å². The quantitative estimate of drug-likeness (QED) is 0.755. The van der Waals surface area contributed by atoms with Gasteiger partial charge in [-0.2, -0.15) is 0 Å². The maximum Gasteiger partial charge on any atom is 0.224 e. The molecule has 3 aliphatic rings. The van der Waals surface area contributed by atoms with Crippen molar-refractivity contribution in [1.29, 1.82) is 0 Å². The molecule has 3 fully saturated rings. The first-order valence-corrected chi connectivity index (χ1v) is 6.62. The molecule has 4 unspecified atom stereocenters. The van der Waals surface area contributed by atoms with Crippen molar-refractivity contribution in [3.8, 4) is 0 Å². The summed E-state index contributed by atoms with van der Waals surface area (Å²) in [6, 6.07) is 0.130. The van der Waals surface area contributed by atoms with Gasteiger partial charge in [0.25, 0.3) is 0 Å². The molecule has 3 nitrogen and oxygen atoms in total. The highest BCUT2D eigenvalue weighted by Gasteiger charge is 2.49. The molecule has 0 aromatic rings. The Labute approximate surface area is 97.2 Å². The molecule has 0 aromatic heterocycles. The maximum absolute atomic E-state index is 12.1. The number of carbonyl (C=O) groups excluding carboxylic acids is 1. The third-order valence-corrected chi connectivity index (χ3v) is 5.08. The van der Waals surface area contributed by atoms with Crippen molar-refractivity contribution in [1.82, 2.24) is 5.32 Å². The lowest BCUT2D eigenvalue weighted by Gasteiger charge is -2.27. The largest absolute Gasteiger partial charge is 0.355 e. The van der Waals surface area contributed by atoms with Crippen molar-refractivity contribution in [2.24, 2.45) is 28.9 Å². The van der Waals surface area contributed by atoms with Crippen LogP contribution < -0.4 is 11.1 Å². The molecule has 3 N–H and O–H groups in total. The molecule has 3 heteroatoms. The highest BCUT2D eigenvalue weighted by molar-refractivity contribution is 5.80. The van der Waals surface area contributed by atoms with Gasteiger partial charge in [0.05, 0.1) is 5.92 Å². The van der Waals surface area contributed by atoms with Crippen molar-refractivity contribution in [3.63, 3.8) is 0 Å². The van der Waals surface area contributed by atoms with Crippen LogP contribution in [0, 0.1) is 23.2 Å². The summed E-state index contributed by atoms with van der Waals surface area (Å²) in [5.74, 6) is 1.54. The van der Waals surface area contributed by atoms with Crippen molar-refractivity contribution in [2.75, 3.05) is 6.54 Å². The molecule has 0 spiro atoms. The Balaban J connectivity index is 1.58. The lowest BCUT2D eigenvalue weighted by molar-refractivity contribution is -0.127. The number of nitrogens with one attached hydrogen (secondary N) is 1. The molecule has 16 heavy (non-hydrogen) atoms. The van der Waals surface area contributed by atoms with Crippen molar-refractivity contribution < 1.29 is 4.79 Å². The van der Waals surface area contributed by atoms with E-state index in [1.807, 2.05) is 0 Å². The van der Waals surface area contributed by atoms with Gasteiger partial charge in [0.2, 0.25) is 5.91 Å². The maximum atomic E-state index is 12.1. The molecule has 0 heterocycles. The van der Waals surface area contributed by atoms with Crippen molar-refractivity contribution in [3.05, 3.63) is 0 Å². The van der Waals surface area contributed by atoms with Crippen LogP contribution in [-0.4, -0.2) is 18.5 Å². The topological polar surface area (TPSA) is 55.1 Å². The summed E-state index contributed by atoms with van der Waals surface area (Å²) < 4.78 is 0. The zero-order chi connectivity index (χ0) is 11.3. The first kappa shape index (κ1) is 10.6. The average Bonchev–Trinajstić information content (AvgIpc) is 2.73. The number of carbonyl (C=O) groups is 1. The lowest BCUT2D eigenvalue weighted by atomic mass is 9.84. The highest BCUT2D eigenvalue weighted by Crippen LogP contribution is 2.48. The van der Waals surface area contributed by atoms with Crippen LogP contribution in [-0.2, 0) is 4.79 Å². The molecule has 0 saturated heterocycles. The Hall–Kier alpha value is -0.570. The summed E-state index contributed by atoms with van der Waals surface area (Å²) in [7, 11) is 0. The van der Waals surface area contributed by atoms with E-state index in [9.17, 15) is 4.79 Å². The molecular weight excluding hydrogens is 200 g/mol. The zero-order valence-electron chi connectivity index (χ0n) is 10.0. The normalized spacial score (nSPS) is 43.4. The third-order valence-electron chi connectivity index (χ3n) is 5.08. The Morgan fingerprint density at radius 2 is 2.06 bits per heavy atom. The van der Waals surface area contributed by atoms with Gasteiger partial charge in [0.1, 0.15) is 0 Å². The van der Waals surface area contributed by atoms with Crippen LogP contribution in [0.2, 0.25) is 0 Å². The van der Waals surface area contributed by atoms with Gasteiger partial charge in [-0.3, -0.25) is 4.79 Å². The fourth-order valence-corrected chi connectivity index (χ4v) is 3.53. The molecule has 0 aromatic carbocycles. The third kappa shape index (κ3) is 1.65. The van der Waals surface area contributed by atoms with Gasteiger partial charge in [-0.15, -0.1) is 0 Å². The second kappa shape index (κ2) is 3.46. The van der Waals surface area contributed by atoms with E-state index in [1.54, 1.807) is 0 Å². The molecule has 1 amide bonds. The van der Waals surface area contributed by atoms with Gasteiger partial charge in [0.15, 0.2) is 0 Å². The number of rotatable bonds is 3. The minimum atomic E-state index is 0.112. The molecule has 0 radical (unpaired) electrons. The summed E-state index contributed by atoms with van der Waals surface area (Å²) in [6.45, 7) is 3.10.